The number of rotatable bonds is 9. The monoisotopic (exact) mass is 493 g/mol. The van der Waals surface area contributed by atoms with Crippen molar-refractivity contribution in [3.8, 4) is 5.75 Å². The number of nitrogens with zero attached hydrogens (tertiary/aromatic N) is 1. The first-order valence-electron chi connectivity index (χ1n) is 11.1. The number of carbonyl (C=O) groups is 1. The van der Waals surface area contributed by atoms with Crippen LogP contribution in [-0.2, 0) is 16.5 Å². The number of nitro benzene ring substituents is 1. The number of ketones is 1. The molecule has 0 saturated carbocycles. The third-order valence-electron chi connectivity index (χ3n) is 5.57. The lowest BCUT2D eigenvalue weighted by molar-refractivity contribution is -0.384. The number of nitro groups is 1. The molecule has 0 amide bonds. The van der Waals surface area contributed by atoms with Crippen molar-refractivity contribution < 1.29 is 26.7 Å². The molecule has 0 radical (unpaired) electrons. The number of aryl methyl sites for hydroxylation is 2. The molecule has 0 aliphatic rings. The Bertz CT molecular complexity index is 1500. The average molecular weight is 494 g/mol. The van der Waals surface area contributed by atoms with E-state index in [4.69, 9.17) is 8.60 Å². The lowest BCUT2D eigenvalue weighted by Crippen LogP contribution is -2.10. The molecule has 0 saturated heterocycles. The van der Waals surface area contributed by atoms with Gasteiger partial charge in [-0.1, -0.05) is 31.0 Å². The summed E-state index contributed by atoms with van der Waals surface area (Å²) in [5.41, 5.74) is 1.73. The highest BCUT2D eigenvalue weighted by Crippen LogP contribution is 2.32. The fourth-order valence-electron chi connectivity index (χ4n) is 3.70. The van der Waals surface area contributed by atoms with E-state index in [2.05, 4.69) is 0 Å². The molecule has 0 spiro atoms. The molecule has 0 atom stereocenters. The highest BCUT2D eigenvalue weighted by molar-refractivity contribution is 7.87. The molecule has 3 aromatic carbocycles. The normalized spacial score (nSPS) is 11.5. The summed E-state index contributed by atoms with van der Waals surface area (Å²) in [6.45, 7) is 3.86. The number of hydrogen-bond donors (Lipinski definition) is 0. The van der Waals surface area contributed by atoms with Crippen molar-refractivity contribution in [3.63, 3.8) is 0 Å². The molecule has 35 heavy (non-hydrogen) atoms. The Morgan fingerprint density at radius 3 is 2.34 bits per heavy atom. The van der Waals surface area contributed by atoms with Gasteiger partial charge in [-0.05, 0) is 55.8 Å². The fraction of sp³-hybridized carbons (Fsp3) is 0.192. The van der Waals surface area contributed by atoms with Crippen LogP contribution in [-0.4, -0.2) is 19.1 Å². The van der Waals surface area contributed by atoms with Crippen LogP contribution >= 0.6 is 0 Å². The van der Waals surface area contributed by atoms with Gasteiger partial charge in [0.15, 0.2) is 5.78 Å². The van der Waals surface area contributed by atoms with Crippen molar-refractivity contribution in [1.82, 2.24) is 0 Å². The second-order valence-electron chi connectivity index (χ2n) is 8.15. The summed E-state index contributed by atoms with van der Waals surface area (Å²) in [6.07, 6.45) is 2.17. The van der Waals surface area contributed by atoms with Crippen molar-refractivity contribution in [2.45, 2.75) is 38.0 Å². The number of carbonyl (C=O) groups excluding carboxylic acids is 1. The molecule has 1 aromatic heterocycles. The van der Waals surface area contributed by atoms with E-state index in [-0.39, 0.29) is 33.2 Å². The van der Waals surface area contributed by atoms with Crippen molar-refractivity contribution in [2.24, 2.45) is 0 Å². The first-order chi connectivity index (χ1) is 16.7. The Hall–Kier alpha value is -3.98. The SMILES string of the molecule is CCCCc1oc2ccc([N+](=O)[O-])cc2c1C(=O)c1ccc(OS(=O)(=O)c2ccc(C)cc2)cc1. The maximum atomic E-state index is 13.4. The molecule has 0 unspecified atom stereocenters. The predicted molar refractivity (Wildman–Crippen MR) is 130 cm³/mol. The summed E-state index contributed by atoms with van der Waals surface area (Å²) in [5, 5.41) is 11.6. The van der Waals surface area contributed by atoms with E-state index in [1.165, 1.54) is 54.6 Å². The van der Waals surface area contributed by atoms with Gasteiger partial charge in [0.1, 0.15) is 22.0 Å². The first kappa shape index (κ1) is 24.2. The van der Waals surface area contributed by atoms with E-state index in [9.17, 15) is 23.3 Å². The van der Waals surface area contributed by atoms with E-state index in [1.54, 1.807) is 12.1 Å². The standard InChI is InChI=1S/C26H23NO7S/c1-3-4-5-24-25(22-16-19(27(29)30)10-15-23(22)33-24)26(28)18-8-11-20(12-9-18)34-35(31,32)21-13-6-17(2)7-14-21/h6-16H,3-5H2,1-2H3. The maximum absolute atomic E-state index is 13.4. The lowest BCUT2D eigenvalue weighted by Gasteiger charge is -2.08. The molecule has 4 rings (SSSR count). The zero-order valence-electron chi connectivity index (χ0n) is 19.2. The van der Waals surface area contributed by atoms with Gasteiger partial charge in [-0.2, -0.15) is 8.42 Å². The van der Waals surface area contributed by atoms with Gasteiger partial charge in [0.25, 0.3) is 5.69 Å². The largest absolute Gasteiger partial charge is 0.460 e. The van der Waals surface area contributed by atoms with Crippen molar-refractivity contribution >= 4 is 32.6 Å². The van der Waals surface area contributed by atoms with Crippen LogP contribution < -0.4 is 4.18 Å². The lowest BCUT2D eigenvalue weighted by atomic mass is 9.98. The van der Waals surface area contributed by atoms with Crippen LogP contribution in [0.3, 0.4) is 0 Å². The number of unbranched alkanes of at least 4 members (excludes halogenated alkanes) is 1. The molecule has 9 heteroatoms. The number of non-ortho nitro benzene ring substituents is 1. The third-order valence-corrected chi connectivity index (χ3v) is 6.83. The molecule has 1 heterocycles. The van der Waals surface area contributed by atoms with E-state index in [0.29, 0.717) is 23.2 Å². The third kappa shape index (κ3) is 5.09. The first-order valence-corrected chi connectivity index (χ1v) is 12.5. The van der Waals surface area contributed by atoms with E-state index in [0.717, 1.165) is 18.4 Å². The van der Waals surface area contributed by atoms with Crippen LogP contribution in [0.5, 0.6) is 5.75 Å². The molecule has 0 aliphatic carbocycles. The highest BCUT2D eigenvalue weighted by Gasteiger charge is 2.24. The second kappa shape index (κ2) is 9.71. The van der Waals surface area contributed by atoms with Crippen LogP contribution in [0.2, 0.25) is 0 Å². The van der Waals surface area contributed by atoms with Gasteiger partial charge in [0.2, 0.25) is 0 Å². The van der Waals surface area contributed by atoms with Crippen molar-refractivity contribution in [3.05, 3.63) is 99.3 Å². The molecule has 8 nitrogen and oxygen atoms in total. The summed E-state index contributed by atoms with van der Waals surface area (Å²) >= 11 is 0. The minimum absolute atomic E-state index is 0.0234. The second-order valence-corrected chi connectivity index (χ2v) is 9.69. The minimum atomic E-state index is -4.03. The van der Waals surface area contributed by atoms with E-state index in [1.807, 2.05) is 13.8 Å². The highest BCUT2D eigenvalue weighted by atomic mass is 32.2. The molecular weight excluding hydrogens is 470 g/mol. The smallest absolute Gasteiger partial charge is 0.339 e. The van der Waals surface area contributed by atoms with Gasteiger partial charge in [-0.3, -0.25) is 14.9 Å². The Labute approximate surface area is 202 Å². The summed E-state index contributed by atoms with van der Waals surface area (Å²) in [4.78, 5) is 24.2. The molecule has 4 aromatic rings. The maximum Gasteiger partial charge on any atom is 0.339 e. The number of furan rings is 1. The van der Waals surface area contributed by atoms with Crippen LogP contribution in [0.15, 0.2) is 76.0 Å². The van der Waals surface area contributed by atoms with Gasteiger partial charge in [-0.15, -0.1) is 0 Å². The predicted octanol–water partition coefficient (Wildman–Crippen LogP) is 5.99. The van der Waals surface area contributed by atoms with Crippen LogP contribution in [0, 0.1) is 17.0 Å². The fourth-order valence-corrected chi connectivity index (χ4v) is 4.63. The number of fused-ring (bicyclic) bond motifs is 1. The molecular formula is C26H23NO7S. The topological polar surface area (TPSA) is 117 Å². The van der Waals surface area contributed by atoms with Crippen LogP contribution in [0.25, 0.3) is 11.0 Å². The van der Waals surface area contributed by atoms with Crippen molar-refractivity contribution in [2.75, 3.05) is 0 Å². The van der Waals surface area contributed by atoms with E-state index < -0.39 is 15.0 Å². The quantitative estimate of drug-likeness (QED) is 0.122. The zero-order valence-corrected chi connectivity index (χ0v) is 20.0. The summed E-state index contributed by atoms with van der Waals surface area (Å²) in [6, 6.07) is 16.2. The minimum Gasteiger partial charge on any atom is -0.460 e. The Kier molecular flexibility index (Phi) is 6.70. The van der Waals surface area contributed by atoms with Gasteiger partial charge in [0.05, 0.1) is 10.5 Å². The molecule has 0 bridgehead atoms. The Morgan fingerprint density at radius 2 is 1.71 bits per heavy atom. The molecule has 0 aliphatic heterocycles. The molecule has 0 fully saturated rings. The Morgan fingerprint density at radius 1 is 1.03 bits per heavy atom. The summed E-state index contributed by atoms with van der Waals surface area (Å²) < 4.78 is 36.2. The van der Waals surface area contributed by atoms with Gasteiger partial charge < -0.3 is 8.60 Å². The summed E-state index contributed by atoms with van der Waals surface area (Å²) in [7, 11) is -4.03. The number of benzene rings is 3. The zero-order chi connectivity index (χ0) is 25.2. The average Bonchev–Trinajstić information content (AvgIpc) is 3.20. The van der Waals surface area contributed by atoms with E-state index >= 15 is 0 Å². The molecule has 180 valence electrons. The Balaban J connectivity index is 1.66. The van der Waals surface area contributed by atoms with Gasteiger partial charge in [-0.25, -0.2) is 0 Å². The van der Waals surface area contributed by atoms with Gasteiger partial charge in [0, 0.05) is 29.5 Å². The van der Waals surface area contributed by atoms with Crippen LogP contribution in [0.1, 0.15) is 47.0 Å². The van der Waals surface area contributed by atoms with Crippen molar-refractivity contribution in [1.29, 1.82) is 0 Å². The number of hydrogen-bond acceptors (Lipinski definition) is 7. The molecule has 0 N–H and O–H groups in total. The van der Waals surface area contributed by atoms with Gasteiger partial charge >= 0.3 is 10.1 Å². The summed E-state index contributed by atoms with van der Waals surface area (Å²) in [5.74, 6) is 0.152. The van der Waals surface area contributed by atoms with Crippen LogP contribution in [0.4, 0.5) is 5.69 Å².